The van der Waals surface area contributed by atoms with Crippen molar-refractivity contribution in [2.24, 2.45) is 0 Å². The van der Waals surface area contributed by atoms with Gasteiger partial charge in [0.15, 0.2) is 0 Å². The molecular weight excluding hydrogens is 360 g/mol. The maximum Gasteiger partial charge on any atom is 0.259 e. The summed E-state index contributed by atoms with van der Waals surface area (Å²) in [5.41, 5.74) is 4.12. The van der Waals surface area contributed by atoms with Gasteiger partial charge in [-0.05, 0) is 47.4 Å². The van der Waals surface area contributed by atoms with E-state index in [0.717, 1.165) is 29.3 Å². The lowest BCUT2D eigenvalue weighted by molar-refractivity contribution is -0.119. The largest absolute Gasteiger partial charge is 0.355 e. The van der Waals surface area contributed by atoms with Crippen molar-refractivity contribution in [3.8, 4) is 0 Å². The second-order valence-electron chi connectivity index (χ2n) is 7.92. The number of carbonyl (C=O) groups excluding carboxylic acids is 2. The fourth-order valence-electron chi connectivity index (χ4n) is 3.93. The zero-order chi connectivity index (χ0) is 20.4. The van der Waals surface area contributed by atoms with Crippen LogP contribution in [-0.2, 0) is 11.2 Å². The predicted molar refractivity (Wildman–Crippen MR) is 117 cm³/mol. The van der Waals surface area contributed by atoms with Gasteiger partial charge in [-0.15, -0.1) is 0 Å². The number of rotatable bonds is 7. The molecule has 0 unspecified atom stereocenters. The normalized spacial score (nSPS) is 12.8. The quantitative estimate of drug-likeness (QED) is 0.600. The van der Waals surface area contributed by atoms with E-state index in [9.17, 15) is 9.59 Å². The SMILES string of the molecule is CC(C)c1ccc(CCCNC(=O)CN2C(=O)c3cccc4cccc2c34)cc1. The van der Waals surface area contributed by atoms with Crippen molar-refractivity contribution in [2.75, 3.05) is 18.0 Å². The van der Waals surface area contributed by atoms with Crippen molar-refractivity contribution in [1.29, 1.82) is 0 Å². The maximum atomic E-state index is 12.7. The minimum Gasteiger partial charge on any atom is -0.355 e. The highest BCUT2D eigenvalue weighted by Gasteiger charge is 2.30. The maximum absolute atomic E-state index is 12.7. The van der Waals surface area contributed by atoms with Crippen LogP contribution in [0.3, 0.4) is 0 Å². The summed E-state index contributed by atoms with van der Waals surface area (Å²) in [6.07, 6.45) is 1.79. The number of nitrogens with one attached hydrogen (secondary N) is 1. The smallest absolute Gasteiger partial charge is 0.259 e. The zero-order valence-electron chi connectivity index (χ0n) is 16.9. The molecule has 4 heteroatoms. The number of carbonyl (C=O) groups is 2. The van der Waals surface area contributed by atoms with Crippen LogP contribution in [0.4, 0.5) is 5.69 Å². The van der Waals surface area contributed by atoms with E-state index in [0.29, 0.717) is 18.0 Å². The second-order valence-corrected chi connectivity index (χ2v) is 7.92. The van der Waals surface area contributed by atoms with Crippen molar-refractivity contribution in [2.45, 2.75) is 32.6 Å². The third kappa shape index (κ3) is 3.88. The van der Waals surface area contributed by atoms with Gasteiger partial charge in [-0.25, -0.2) is 0 Å². The summed E-state index contributed by atoms with van der Waals surface area (Å²) in [6, 6.07) is 20.2. The molecule has 0 spiro atoms. The molecule has 1 aliphatic heterocycles. The minimum atomic E-state index is -0.127. The van der Waals surface area contributed by atoms with E-state index in [1.807, 2.05) is 36.4 Å². The second kappa shape index (κ2) is 8.08. The Bertz CT molecular complexity index is 1050. The molecule has 3 aromatic rings. The summed E-state index contributed by atoms with van der Waals surface area (Å²) in [5, 5.41) is 4.93. The van der Waals surface area contributed by atoms with E-state index in [1.165, 1.54) is 11.1 Å². The molecule has 0 saturated carbocycles. The van der Waals surface area contributed by atoms with Gasteiger partial charge in [-0.3, -0.25) is 14.5 Å². The molecule has 29 heavy (non-hydrogen) atoms. The topological polar surface area (TPSA) is 49.4 Å². The highest BCUT2D eigenvalue weighted by atomic mass is 16.2. The molecule has 1 N–H and O–H groups in total. The zero-order valence-corrected chi connectivity index (χ0v) is 16.9. The first kappa shape index (κ1) is 19.2. The molecule has 1 heterocycles. The van der Waals surface area contributed by atoms with Crippen LogP contribution in [-0.4, -0.2) is 24.9 Å². The Hall–Kier alpha value is -3.14. The van der Waals surface area contributed by atoms with Crippen LogP contribution < -0.4 is 10.2 Å². The predicted octanol–water partition coefficient (Wildman–Crippen LogP) is 4.67. The van der Waals surface area contributed by atoms with E-state index >= 15 is 0 Å². The molecule has 3 aromatic carbocycles. The van der Waals surface area contributed by atoms with Crippen molar-refractivity contribution < 1.29 is 9.59 Å². The van der Waals surface area contributed by atoms with E-state index < -0.39 is 0 Å². The van der Waals surface area contributed by atoms with Crippen LogP contribution in [0.2, 0.25) is 0 Å². The number of benzene rings is 3. The first-order valence-electron chi connectivity index (χ1n) is 10.2. The number of hydrogen-bond donors (Lipinski definition) is 1. The molecule has 0 radical (unpaired) electrons. The Balaban J connectivity index is 1.31. The Labute approximate surface area is 171 Å². The van der Waals surface area contributed by atoms with Gasteiger partial charge in [0.1, 0.15) is 6.54 Å². The molecule has 148 valence electrons. The summed E-state index contributed by atoms with van der Waals surface area (Å²) in [6.45, 7) is 5.03. The van der Waals surface area contributed by atoms with Gasteiger partial charge in [0.25, 0.3) is 5.91 Å². The van der Waals surface area contributed by atoms with E-state index in [1.54, 1.807) is 4.90 Å². The van der Waals surface area contributed by atoms with Gasteiger partial charge < -0.3 is 5.32 Å². The van der Waals surface area contributed by atoms with Gasteiger partial charge >= 0.3 is 0 Å². The van der Waals surface area contributed by atoms with E-state index in [-0.39, 0.29) is 18.4 Å². The van der Waals surface area contributed by atoms with Crippen LogP contribution in [0.5, 0.6) is 0 Å². The highest BCUT2D eigenvalue weighted by molar-refractivity contribution is 6.26. The van der Waals surface area contributed by atoms with Crippen molar-refractivity contribution >= 4 is 28.3 Å². The Kier molecular flexibility index (Phi) is 5.34. The average molecular weight is 386 g/mol. The molecule has 1 aliphatic rings. The minimum absolute atomic E-state index is 0.0513. The lowest BCUT2D eigenvalue weighted by Crippen LogP contribution is -2.39. The van der Waals surface area contributed by atoms with Crippen LogP contribution in [0, 0.1) is 0 Å². The number of anilines is 1. The van der Waals surface area contributed by atoms with Crippen LogP contribution in [0.15, 0.2) is 60.7 Å². The third-order valence-corrected chi connectivity index (χ3v) is 5.56. The van der Waals surface area contributed by atoms with Gasteiger partial charge in [0, 0.05) is 17.5 Å². The molecule has 2 amide bonds. The van der Waals surface area contributed by atoms with Gasteiger partial charge in [0.05, 0.1) is 5.69 Å². The Morgan fingerprint density at radius 1 is 1.00 bits per heavy atom. The summed E-state index contributed by atoms with van der Waals surface area (Å²) < 4.78 is 0. The molecule has 0 fully saturated rings. The fourth-order valence-corrected chi connectivity index (χ4v) is 3.93. The molecule has 0 aliphatic carbocycles. The first-order valence-corrected chi connectivity index (χ1v) is 10.2. The highest BCUT2D eigenvalue weighted by Crippen LogP contribution is 2.36. The fraction of sp³-hybridized carbons (Fsp3) is 0.280. The van der Waals surface area contributed by atoms with E-state index in [4.69, 9.17) is 0 Å². The van der Waals surface area contributed by atoms with Crippen LogP contribution in [0.25, 0.3) is 10.8 Å². The third-order valence-electron chi connectivity index (χ3n) is 5.56. The van der Waals surface area contributed by atoms with Crippen molar-refractivity contribution in [3.05, 3.63) is 77.4 Å². The lowest BCUT2D eigenvalue weighted by Gasteiger charge is -2.17. The summed E-state index contributed by atoms with van der Waals surface area (Å²) in [4.78, 5) is 26.8. The Morgan fingerprint density at radius 2 is 1.72 bits per heavy atom. The molecule has 4 nitrogen and oxygen atoms in total. The summed E-state index contributed by atoms with van der Waals surface area (Å²) >= 11 is 0. The monoisotopic (exact) mass is 386 g/mol. The van der Waals surface area contributed by atoms with Gasteiger partial charge in [-0.1, -0.05) is 62.4 Å². The number of aryl methyl sites for hydroxylation is 1. The van der Waals surface area contributed by atoms with E-state index in [2.05, 4.69) is 43.4 Å². The van der Waals surface area contributed by atoms with Crippen LogP contribution >= 0.6 is 0 Å². The molecular formula is C25H26N2O2. The standard InChI is InChI=1S/C25H26N2O2/c1-17(2)19-13-11-18(12-14-19)6-5-15-26-23(28)16-27-22-10-4-8-20-7-3-9-21(24(20)22)25(27)29/h3-4,7-14,17H,5-6,15-16H2,1-2H3,(H,26,28). The molecule has 0 saturated heterocycles. The summed E-state index contributed by atoms with van der Waals surface area (Å²) in [7, 11) is 0. The molecule has 0 atom stereocenters. The number of hydrogen-bond acceptors (Lipinski definition) is 2. The van der Waals surface area contributed by atoms with Crippen molar-refractivity contribution in [3.63, 3.8) is 0 Å². The van der Waals surface area contributed by atoms with Gasteiger partial charge in [0.2, 0.25) is 5.91 Å². The molecule has 0 aromatic heterocycles. The van der Waals surface area contributed by atoms with Crippen molar-refractivity contribution in [1.82, 2.24) is 5.32 Å². The number of nitrogens with zero attached hydrogens (tertiary/aromatic N) is 1. The lowest BCUT2D eigenvalue weighted by atomic mass is 10.0. The van der Waals surface area contributed by atoms with Gasteiger partial charge in [-0.2, -0.15) is 0 Å². The summed E-state index contributed by atoms with van der Waals surface area (Å²) in [5.74, 6) is 0.309. The first-order chi connectivity index (χ1) is 14.0. The van der Waals surface area contributed by atoms with Crippen LogP contribution in [0.1, 0.15) is 47.7 Å². The Morgan fingerprint density at radius 3 is 2.45 bits per heavy atom. The number of amides is 2. The molecule has 4 rings (SSSR count). The average Bonchev–Trinajstić information content (AvgIpc) is 3.00. The molecule has 0 bridgehead atoms.